The molecule has 2 rings (SSSR count). The zero-order valence-corrected chi connectivity index (χ0v) is 10.7. The maximum atomic E-state index is 4.19. The minimum absolute atomic E-state index is 0.825. The van der Waals surface area contributed by atoms with E-state index in [-0.39, 0.29) is 0 Å². The Labute approximate surface area is 103 Å². The summed E-state index contributed by atoms with van der Waals surface area (Å²) in [7, 11) is 1.86. The largest absolute Gasteiger partial charge is 0.359 e. The van der Waals surface area contributed by atoms with E-state index in [1.807, 2.05) is 13.2 Å². The summed E-state index contributed by atoms with van der Waals surface area (Å²) < 4.78 is 1.12. The summed E-state index contributed by atoms with van der Waals surface area (Å²) >= 11 is 3.43. The molecule has 0 saturated heterocycles. The molecule has 4 heteroatoms. The molecule has 1 aromatic heterocycles. The highest BCUT2D eigenvalue weighted by atomic mass is 79.9. The molecule has 0 bridgehead atoms. The van der Waals surface area contributed by atoms with Gasteiger partial charge in [0.1, 0.15) is 0 Å². The molecule has 0 amide bonds. The first-order valence-electron chi connectivity index (χ1n) is 5.24. The summed E-state index contributed by atoms with van der Waals surface area (Å²) in [6.07, 6.45) is 3.89. The zero-order chi connectivity index (χ0) is 11.4. The van der Waals surface area contributed by atoms with Crippen LogP contribution >= 0.6 is 15.9 Å². The molecule has 0 aliphatic heterocycles. The van der Waals surface area contributed by atoms with Crippen LogP contribution in [-0.4, -0.2) is 17.0 Å². The van der Waals surface area contributed by atoms with E-state index in [0.717, 1.165) is 29.0 Å². The van der Waals surface area contributed by atoms with Gasteiger partial charge in [0.25, 0.3) is 0 Å². The second-order valence-corrected chi connectivity index (χ2v) is 4.55. The first-order valence-corrected chi connectivity index (χ1v) is 6.03. The normalized spacial score (nSPS) is 10.4. The van der Waals surface area contributed by atoms with Crippen LogP contribution in [0.1, 0.15) is 11.3 Å². The van der Waals surface area contributed by atoms with Crippen molar-refractivity contribution in [2.24, 2.45) is 0 Å². The van der Waals surface area contributed by atoms with E-state index in [1.54, 1.807) is 0 Å². The summed E-state index contributed by atoms with van der Waals surface area (Å²) in [6, 6.07) is 8.42. The first kappa shape index (κ1) is 11.2. The minimum Gasteiger partial charge on any atom is -0.359 e. The predicted molar refractivity (Wildman–Crippen MR) is 69.7 cm³/mol. The number of halogens is 1. The van der Waals surface area contributed by atoms with Gasteiger partial charge in [-0.3, -0.25) is 0 Å². The first-order chi connectivity index (χ1) is 7.78. The number of aromatic amines is 1. The van der Waals surface area contributed by atoms with Gasteiger partial charge in [-0.1, -0.05) is 28.1 Å². The second kappa shape index (κ2) is 5.16. The summed E-state index contributed by atoms with van der Waals surface area (Å²) in [5.74, 6) is 0.825. The molecular weight excluding hydrogens is 266 g/mol. The Morgan fingerprint density at radius 1 is 1.25 bits per heavy atom. The molecule has 0 unspecified atom stereocenters. The number of rotatable bonds is 4. The van der Waals surface area contributed by atoms with E-state index >= 15 is 0 Å². The van der Waals surface area contributed by atoms with Crippen LogP contribution in [0.4, 0.5) is 5.95 Å². The molecule has 0 fully saturated rings. The van der Waals surface area contributed by atoms with Crippen LogP contribution in [0.2, 0.25) is 0 Å². The average molecular weight is 280 g/mol. The van der Waals surface area contributed by atoms with E-state index in [4.69, 9.17) is 0 Å². The quantitative estimate of drug-likeness (QED) is 0.903. The van der Waals surface area contributed by atoms with E-state index in [0.29, 0.717) is 0 Å². The predicted octanol–water partition coefficient (Wildman–Crippen LogP) is 3.00. The molecule has 84 valence electrons. The molecule has 0 spiro atoms. The number of aryl methyl sites for hydroxylation is 2. The summed E-state index contributed by atoms with van der Waals surface area (Å²) in [5.41, 5.74) is 2.50. The number of benzene rings is 1. The van der Waals surface area contributed by atoms with E-state index in [9.17, 15) is 0 Å². The van der Waals surface area contributed by atoms with Crippen LogP contribution in [0.25, 0.3) is 0 Å². The van der Waals surface area contributed by atoms with Gasteiger partial charge in [-0.2, -0.15) is 0 Å². The van der Waals surface area contributed by atoms with Gasteiger partial charge in [-0.05, 0) is 30.5 Å². The highest BCUT2D eigenvalue weighted by molar-refractivity contribution is 9.10. The third-order valence-corrected chi connectivity index (χ3v) is 2.99. The third-order valence-electron chi connectivity index (χ3n) is 2.46. The molecular formula is C12H14BrN3. The second-order valence-electron chi connectivity index (χ2n) is 3.63. The van der Waals surface area contributed by atoms with Crippen molar-refractivity contribution in [1.82, 2.24) is 9.97 Å². The Morgan fingerprint density at radius 2 is 2.00 bits per heavy atom. The number of imidazole rings is 1. The molecule has 16 heavy (non-hydrogen) atoms. The number of hydrogen-bond donors (Lipinski definition) is 2. The Kier molecular flexibility index (Phi) is 3.62. The highest BCUT2D eigenvalue weighted by Crippen LogP contribution is 2.12. The minimum atomic E-state index is 0.825. The van der Waals surface area contributed by atoms with Crippen molar-refractivity contribution in [3.05, 3.63) is 46.2 Å². The number of H-pyrrole nitrogens is 1. The van der Waals surface area contributed by atoms with Gasteiger partial charge in [-0.15, -0.1) is 0 Å². The van der Waals surface area contributed by atoms with Crippen molar-refractivity contribution in [2.75, 3.05) is 12.4 Å². The van der Waals surface area contributed by atoms with Gasteiger partial charge in [0.05, 0.1) is 6.20 Å². The van der Waals surface area contributed by atoms with E-state index < -0.39 is 0 Å². The maximum absolute atomic E-state index is 4.19. The van der Waals surface area contributed by atoms with Crippen molar-refractivity contribution in [3.8, 4) is 0 Å². The van der Waals surface area contributed by atoms with Gasteiger partial charge in [0.2, 0.25) is 0 Å². The van der Waals surface area contributed by atoms with Gasteiger partial charge >= 0.3 is 0 Å². The van der Waals surface area contributed by atoms with Crippen LogP contribution in [0.3, 0.4) is 0 Å². The van der Waals surface area contributed by atoms with Crippen LogP contribution in [0, 0.1) is 0 Å². The fraction of sp³-hybridized carbons (Fsp3) is 0.250. The van der Waals surface area contributed by atoms with E-state index in [1.165, 1.54) is 5.56 Å². The van der Waals surface area contributed by atoms with Crippen molar-refractivity contribution in [3.63, 3.8) is 0 Å². The van der Waals surface area contributed by atoms with E-state index in [2.05, 4.69) is 55.5 Å². The molecule has 2 aromatic rings. The van der Waals surface area contributed by atoms with Gasteiger partial charge < -0.3 is 10.3 Å². The topological polar surface area (TPSA) is 40.7 Å². The van der Waals surface area contributed by atoms with Crippen molar-refractivity contribution < 1.29 is 0 Å². The van der Waals surface area contributed by atoms with Crippen molar-refractivity contribution >= 4 is 21.9 Å². The summed E-state index contributed by atoms with van der Waals surface area (Å²) in [4.78, 5) is 7.40. The summed E-state index contributed by atoms with van der Waals surface area (Å²) in [6.45, 7) is 0. The SMILES string of the molecule is CNc1ncc(CCc2ccc(Br)cc2)[nH]1. The maximum Gasteiger partial charge on any atom is 0.200 e. The Morgan fingerprint density at radius 3 is 2.62 bits per heavy atom. The Hall–Kier alpha value is -1.29. The number of aromatic nitrogens is 2. The molecule has 1 aromatic carbocycles. The lowest BCUT2D eigenvalue weighted by Crippen LogP contribution is -1.93. The zero-order valence-electron chi connectivity index (χ0n) is 9.13. The monoisotopic (exact) mass is 279 g/mol. The molecule has 0 atom stereocenters. The molecule has 0 saturated carbocycles. The lowest BCUT2D eigenvalue weighted by molar-refractivity contribution is 0.925. The highest BCUT2D eigenvalue weighted by Gasteiger charge is 1.99. The standard InChI is InChI=1S/C12H14BrN3/c1-14-12-15-8-11(16-12)7-4-9-2-5-10(13)6-3-9/h2-3,5-6,8H,4,7H2,1H3,(H2,14,15,16). The Balaban J connectivity index is 1.94. The van der Waals surface area contributed by atoms with Crippen molar-refractivity contribution in [2.45, 2.75) is 12.8 Å². The van der Waals surface area contributed by atoms with Crippen LogP contribution < -0.4 is 5.32 Å². The molecule has 3 nitrogen and oxygen atoms in total. The molecule has 0 radical (unpaired) electrons. The van der Waals surface area contributed by atoms with Crippen LogP contribution in [0.15, 0.2) is 34.9 Å². The molecule has 2 N–H and O–H groups in total. The van der Waals surface area contributed by atoms with Gasteiger partial charge in [0, 0.05) is 17.2 Å². The number of nitrogens with one attached hydrogen (secondary N) is 2. The average Bonchev–Trinajstić information content (AvgIpc) is 2.76. The fourth-order valence-corrected chi connectivity index (χ4v) is 1.81. The molecule has 1 heterocycles. The lowest BCUT2D eigenvalue weighted by atomic mass is 10.1. The van der Waals surface area contributed by atoms with Gasteiger partial charge in [-0.25, -0.2) is 4.98 Å². The van der Waals surface area contributed by atoms with Crippen LogP contribution in [-0.2, 0) is 12.8 Å². The fourth-order valence-electron chi connectivity index (χ4n) is 1.54. The summed E-state index contributed by atoms with van der Waals surface area (Å²) in [5, 5.41) is 2.98. The number of anilines is 1. The lowest BCUT2D eigenvalue weighted by Gasteiger charge is -2.00. The van der Waals surface area contributed by atoms with Crippen molar-refractivity contribution in [1.29, 1.82) is 0 Å². The molecule has 0 aliphatic carbocycles. The molecule has 0 aliphatic rings. The third kappa shape index (κ3) is 2.85. The Bertz CT molecular complexity index is 448. The van der Waals surface area contributed by atoms with Gasteiger partial charge in [0.15, 0.2) is 5.95 Å². The van der Waals surface area contributed by atoms with Crippen LogP contribution in [0.5, 0.6) is 0 Å². The number of hydrogen-bond acceptors (Lipinski definition) is 2. The number of nitrogens with zero attached hydrogens (tertiary/aromatic N) is 1. The smallest absolute Gasteiger partial charge is 0.200 e.